The standard InChI is InChI=1S/C19H17ClN2O3/c1-18(25)11-19(12-5-3-2-4-6-12)14-9-13(20)7-8-15(14)21-16(23)10-22(19)17(18)24/h2-9,25H,10-11H2,1H3,(H,21,23)/t18-,19-/m0/s1. The molecule has 0 spiro atoms. The first-order valence-electron chi connectivity index (χ1n) is 8.04. The van der Waals surface area contributed by atoms with E-state index in [0.29, 0.717) is 16.3 Å². The number of halogens is 1. The van der Waals surface area contributed by atoms with Gasteiger partial charge in [0, 0.05) is 22.7 Å². The highest BCUT2D eigenvalue weighted by atomic mass is 35.5. The first-order valence-corrected chi connectivity index (χ1v) is 8.42. The first kappa shape index (κ1) is 16.1. The minimum absolute atomic E-state index is 0.129. The maximum absolute atomic E-state index is 12.9. The summed E-state index contributed by atoms with van der Waals surface area (Å²) in [7, 11) is 0. The van der Waals surface area contributed by atoms with Crippen molar-refractivity contribution < 1.29 is 14.7 Å². The average molecular weight is 357 g/mol. The van der Waals surface area contributed by atoms with E-state index >= 15 is 0 Å². The van der Waals surface area contributed by atoms with E-state index in [1.165, 1.54) is 11.8 Å². The fraction of sp³-hybridized carbons (Fsp3) is 0.263. The maximum atomic E-state index is 12.9. The van der Waals surface area contributed by atoms with Gasteiger partial charge in [-0.3, -0.25) is 9.59 Å². The molecular weight excluding hydrogens is 340 g/mol. The lowest BCUT2D eigenvalue weighted by Crippen LogP contribution is -2.46. The summed E-state index contributed by atoms with van der Waals surface area (Å²) < 4.78 is 0. The number of fused-ring (bicyclic) bond motifs is 3. The number of amides is 2. The normalized spacial score (nSPS) is 28.2. The van der Waals surface area contributed by atoms with E-state index in [4.69, 9.17) is 11.6 Å². The molecule has 0 aliphatic carbocycles. The molecule has 128 valence electrons. The molecule has 1 saturated heterocycles. The lowest BCUT2D eigenvalue weighted by atomic mass is 9.77. The van der Waals surface area contributed by atoms with E-state index in [1.807, 2.05) is 30.3 Å². The first-order chi connectivity index (χ1) is 11.8. The monoisotopic (exact) mass is 356 g/mol. The number of nitrogens with zero attached hydrogens (tertiary/aromatic N) is 1. The third-order valence-corrected chi connectivity index (χ3v) is 5.26. The summed E-state index contributed by atoms with van der Waals surface area (Å²) in [5, 5.41) is 14.1. The Kier molecular flexibility index (Phi) is 3.42. The molecule has 0 radical (unpaired) electrons. The molecule has 4 rings (SSSR count). The van der Waals surface area contributed by atoms with Gasteiger partial charge in [-0.15, -0.1) is 0 Å². The summed E-state index contributed by atoms with van der Waals surface area (Å²) in [6.45, 7) is 1.37. The lowest BCUT2D eigenvalue weighted by Gasteiger charge is -2.38. The smallest absolute Gasteiger partial charge is 0.255 e. The summed E-state index contributed by atoms with van der Waals surface area (Å²) in [5.41, 5.74) is -0.371. The number of nitrogens with one attached hydrogen (secondary N) is 1. The fourth-order valence-corrected chi connectivity index (χ4v) is 4.18. The molecular formula is C19H17ClN2O3. The molecule has 0 aromatic heterocycles. The largest absolute Gasteiger partial charge is 0.380 e. The van der Waals surface area contributed by atoms with Gasteiger partial charge in [0.15, 0.2) is 0 Å². The minimum atomic E-state index is -1.56. The molecule has 6 heteroatoms. The van der Waals surface area contributed by atoms with Crippen molar-refractivity contribution in [1.29, 1.82) is 0 Å². The third-order valence-electron chi connectivity index (χ3n) is 5.02. The zero-order chi connectivity index (χ0) is 17.8. The third kappa shape index (κ3) is 2.27. The van der Waals surface area contributed by atoms with E-state index in [-0.39, 0.29) is 18.9 Å². The Hall–Kier alpha value is -2.37. The summed E-state index contributed by atoms with van der Waals surface area (Å²) in [5.74, 6) is -0.758. The maximum Gasteiger partial charge on any atom is 0.255 e. The van der Waals surface area contributed by atoms with Gasteiger partial charge in [-0.2, -0.15) is 0 Å². The summed E-state index contributed by atoms with van der Waals surface area (Å²) >= 11 is 6.23. The van der Waals surface area contributed by atoms with E-state index < -0.39 is 17.0 Å². The topological polar surface area (TPSA) is 69.6 Å². The van der Waals surface area contributed by atoms with Gasteiger partial charge in [0.1, 0.15) is 12.1 Å². The number of carbonyl (C=O) groups excluding carboxylic acids is 2. The number of aliphatic hydroxyl groups is 1. The summed E-state index contributed by atoms with van der Waals surface area (Å²) in [4.78, 5) is 26.8. The fourth-order valence-electron chi connectivity index (χ4n) is 4.01. The van der Waals surface area contributed by atoms with E-state index in [2.05, 4.69) is 5.32 Å². The van der Waals surface area contributed by atoms with E-state index in [9.17, 15) is 14.7 Å². The van der Waals surface area contributed by atoms with Crippen LogP contribution in [0.15, 0.2) is 48.5 Å². The molecule has 0 unspecified atom stereocenters. The number of hydrogen-bond donors (Lipinski definition) is 2. The van der Waals surface area contributed by atoms with Gasteiger partial charge in [-0.25, -0.2) is 0 Å². The van der Waals surface area contributed by atoms with Crippen molar-refractivity contribution in [3.63, 3.8) is 0 Å². The van der Waals surface area contributed by atoms with Gasteiger partial charge in [0.2, 0.25) is 5.91 Å². The molecule has 2 amide bonds. The van der Waals surface area contributed by atoms with Crippen molar-refractivity contribution in [2.75, 3.05) is 11.9 Å². The molecule has 2 aliphatic rings. The van der Waals surface area contributed by atoms with Gasteiger partial charge >= 0.3 is 0 Å². The quantitative estimate of drug-likeness (QED) is 0.825. The van der Waals surface area contributed by atoms with Crippen LogP contribution in [-0.2, 0) is 15.1 Å². The second kappa shape index (κ2) is 5.31. The minimum Gasteiger partial charge on any atom is -0.380 e. The molecule has 2 aromatic rings. The Balaban J connectivity index is 2.08. The molecule has 5 nitrogen and oxygen atoms in total. The molecule has 1 fully saturated rings. The van der Waals surface area contributed by atoms with Crippen LogP contribution >= 0.6 is 11.6 Å². The van der Waals surface area contributed by atoms with Crippen LogP contribution in [0.25, 0.3) is 0 Å². The Labute approximate surface area is 150 Å². The van der Waals surface area contributed by atoms with Gasteiger partial charge in [-0.05, 0) is 30.7 Å². The number of benzene rings is 2. The average Bonchev–Trinajstić information content (AvgIpc) is 2.71. The van der Waals surface area contributed by atoms with Crippen molar-refractivity contribution in [3.8, 4) is 0 Å². The second-order valence-corrected chi connectivity index (χ2v) is 7.24. The Bertz CT molecular complexity index is 881. The van der Waals surface area contributed by atoms with Crippen molar-refractivity contribution in [1.82, 2.24) is 4.90 Å². The zero-order valence-corrected chi connectivity index (χ0v) is 14.4. The van der Waals surface area contributed by atoms with E-state index in [1.54, 1.807) is 18.2 Å². The highest BCUT2D eigenvalue weighted by Crippen LogP contribution is 2.52. The number of carbonyl (C=O) groups is 2. The Morgan fingerprint density at radius 2 is 1.88 bits per heavy atom. The molecule has 0 bridgehead atoms. The predicted octanol–water partition coefficient (Wildman–Crippen LogP) is 2.52. The number of hydrogen-bond acceptors (Lipinski definition) is 3. The molecule has 2 heterocycles. The van der Waals surface area contributed by atoms with Crippen molar-refractivity contribution in [2.45, 2.75) is 24.5 Å². The summed E-state index contributed by atoms with van der Waals surface area (Å²) in [6, 6.07) is 14.7. The van der Waals surface area contributed by atoms with Crippen LogP contribution in [-0.4, -0.2) is 34.0 Å². The van der Waals surface area contributed by atoms with Crippen LogP contribution in [0, 0.1) is 0 Å². The zero-order valence-electron chi connectivity index (χ0n) is 13.6. The van der Waals surface area contributed by atoms with Crippen LogP contribution in [0.1, 0.15) is 24.5 Å². The van der Waals surface area contributed by atoms with Gasteiger partial charge in [0.25, 0.3) is 5.91 Å². The van der Waals surface area contributed by atoms with Gasteiger partial charge < -0.3 is 15.3 Å². The molecule has 2 N–H and O–H groups in total. The van der Waals surface area contributed by atoms with E-state index in [0.717, 1.165) is 5.56 Å². The highest BCUT2D eigenvalue weighted by molar-refractivity contribution is 6.30. The molecule has 2 atom stereocenters. The van der Waals surface area contributed by atoms with Crippen LogP contribution in [0.5, 0.6) is 0 Å². The van der Waals surface area contributed by atoms with Crippen LogP contribution in [0.2, 0.25) is 5.02 Å². The lowest BCUT2D eigenvalue weighted by molar-refractivity contribution is -0.144. The Morgan fingerprint density at radius 1 is 1.16 bits per heavy atom. The molecule has 2 aliphatic heterocycles. The molecule has 0 saturated carbocycles. The van der Waals surface area contributed by atoms with Gasteiger partial charge in [-0.1, -0.05) is 41.9 Å². The molecule has 25 heavy (non-hydrogen) atoms. The molecule has 2 aromatic carbocycles. The number of rotatable bonds is 1. The number of anilines is 1. The van der Waals surface area contributed by atoms with Crippen LogP contribution in [0.4, 0.5) is 5.69 Å². The van der Waals surface area contributed by atoms with Crippen molar-refractivity contribution in [3.05, 3.63) is 64.7 Å². The second-order valence-electron chi connectivity index (χ2n) is 6.81. The van der Waals surface area contributed by atoms with Gasteiger partial charge in [0.05, 0.1) is 5.54 Å². The SMILES string of the molecule is C[C@]1(O)C[C@]2(c3ccccc3)c3cc(Cl)ccc3NC(=O)CN2C1=O. The van der Waals surface area contributed by atoms with Crippen molar-refractivity contribution in [2.24, 2.45) is 0 Å². The highest BCUT2D eigenvalue weighted by Gasteiger charge is 2.60. The summed E-state index contributed by atoms with van der Waals surface area (Å²) in [6.07, 6.45) is 0.144. The Morgan fingerprint density at radius 3 is 2.60 bits per heavy atom. The predicted molar refractivity (Wildman–Crippen MR) is 94.3 cm³/mol. The van der Waals surface area contributed by atoms with Crippen molar-refractivity contribution >= 4 is 29.1 Å². The van der Waals surface area contributed by atoms with Crippen LogP contribution in [0.3, 0.4) is 0 Å². The van der Waals surface area contributed by atoms with Crippen LogP contribution < -0.4 is 5.32 Å².